The second-order valence-corrected chi connectivity index (χ2v) is 3.59. The van der Waals surface area contributed by atoms with Crippen LogP contribution in [0, 0.1) is 6.92 Å². The normalized spacial score (nSPS) is 10.0. The summed E-state index contributed by atoms with van der Waals surface area (Å²) in [6.07, 6.45) is 2.45. The first-order chi connectivity index (χ1) is 5.33. The van der Waals surface area contributed by atoms with Crippen LogP contribution in [0.5, 0.6) is 0 Å². The van der Waals surface area contributed by atoms with E-state index in [0.29, 0.717) is 0 Å². The van der Waals surface area contributed by atoms with Gasteiger partial charge in [0.2, 0.25) is 0 Å². The predicted molar refractivity (Wildman–Crippen MR) is 50.2 cm³/mol. The fourth-order valence-corrected chi connectivity index (χ4v) is 1.41. The molecule has 0 atom stereocenters. The average molecular weight is 170 g/mol. The summed E-state index contributed by atoms with van der Waals surface area (Å²) in [5.74, 6) is 1.03. The van der Waals surface area contributed by atoms with Crippen LogP contribution in [0.1, 0.15) is 24.8 Å². The number of hydrogen-bond donors (Lipinski definition) is 1. The fourth-order valence-electron chi connectivity index (χ4n) is 0.838. The van der Waals surface area contributed by atoms with Gasteiger partial charge in [-0.25, -0.2) is 4.98 Å². The molecule has 1 heterocycles. The van der Waals surface area contributed by atoms with E-state index >= 15 is 0 Å². The number of aryl methyl sites for hydroxylation is 1. The van der Waals surface area contributed by atoms with Crippen LogP contribution in [-0.4, -0.2) is 11.5 Å². The molecule has 0 amide bonds. The van der Waals surface area contributed by atoms with Crippen LogP contribution in [0.3, 0.4) is 0 Å². The lowest BCUT2D eigenvalue weighted by Gasteiger charge is -1.98. The maximum absolute atomic E-state index is 4.29. The smallest absolute Gasteiger partial charge is 0.137 e. The zero-order valence-electron chi connectivity index (χ0n) is 7.05. The minimum absolute atomic E-state index is 1.03. The van der Waals surface area contributed by atoms with E-state index in [1.54, 1.807) is 11.3 Å². The summed E-state index contributed by atoms with van der Waals surface area (Å²) in [6, 6.07) is 0. The Labute approximate surface area is 71.7 Å². The molecule has 0 saturated heterocycles. The average Bonchev–Trinajstić information content (AvgIpc) is 2.37. The highest BCUT2D eigenvalue weighted by Crippen LogP contribution is 2.12. The number of unbranched alkanes of at least 4 members (excludes halogenated alkanes) is 1. The van der Waals surface area contributed by atoms with Crippen LogP contribution in [0.15, 0.2) is 5.38 Å². The molecule has 0 aliphatic carbocycles. The van der Waals surface area contributed by atoms with E-state index in [0.717, 1.165) is 17.4 Å². The van der Waals surface area contributed by atoms with Crippen molar-refractivity contribution in [1.82, 2.24) is 4.98 Å². The van der Waals surface area contributed by atoms with E-state index in [-0.39, 0.29) is 0 Å². The third kappa shape index (κ3) is 2.89. The number of aromatic nitrogens is 1. The molecule has 1 N–H and O–H groups in total. The van der Waals surface area contributed by atoms with Crippen molar-refractivity contribution in [3.8, 4) is 0 Å². The SMILES string of the molecule is CCCCNc1csc(C)n1. The zero-order valence-corrected chi connectivity index (χ0v) is 7.87. The molecule has 0 saturated carbocycles. The van der Waals surface area contributed by atoms with Gasteiger partial charge in [0.1, 0.15) is 5.82 Å². The lowest BCUT2D eigenvalue weighted by molar-refractivity contribution is 0.831. The molecule has 0 fully saturated rings. The molecule has 0 aromatic carbocycles. The highest BCUT2D eigenvalue weighted by Gasteiger charge is 1.94. The molecule has 2 nitrogen and oxygen atoms in total. The molecule has 0 aliphatic rings. The van der Waals surface area contributed by atoms with Crippen molar-refractivity contribution in [3.05, 3.63) is 10.4 Å². The van der Waals surface area contributed by atoms with Crippen molar-refractivity contribution in [3.63, 3.8) is 0 Å². The van der Waals surface area contributed by atoms with Crippen molar-refractivity contribution in [2.45, 2.75) is 26.7 Å². The van der Waals surface area contributed by atoms with E-state index in [4.69, 9.17) is 0 Å². The first-order valence-corrected chi connectivity index (χ1v) is 4.87. The standard InChI is InChI=1S/C8H14N2S/c1-3-4-5-9-8-6-11-7(2)10-8/h6,9H,3-5H2,1-2H3. The first-order valence-electron chi connectivity index (χ1n) is 3.99. The van der Waals surface area contributed by atoms with Crippen molar-refractivity contribution >= 4 is 17.2 Å². The van der Waals surface area contributed by atoms with E-state index in [1.165, 1.54) is 12.8 Å². The lowest BCUT2D eigenvalue weighted by Crippen LogP contribution is -2.00. The van der Waals surface area contributed by atoms with Gasteiger partial charge in [-0.1, -0.05) is 13.3 Å². The molecule has 1 rings (SSSR count). The third-order valence-electron chi connectivity index (χ3n) is 1.46. The van der Waals surface area contributed by atoms with Crippen molar-refractivity contribution in [2.24, 2.45) is 0 Å². The van der Waals surface area contributed by atoms with Gasteiger partial charge in [-0.15, -0.1) is 11.3 Å². The first kappa shape index (κ1) is 8.53. The molecule has 0 unspecified atom stereocenters. The van der Waals surface area contributed by atoms with Gasteiger partial charge >= 0.3 is 0 Å². The van der Waals surface area contributed by atoms with Gasteiger partial charge in [-0.3, -0.25) is 0 Å². The van der Waals surface area contributed by atoms with Gasteiger partial charge < -0.3 is 5.32 Å². The molecule has 3 heteroatoms. The van der Waals surface area contributed by atoms with Gasteiger partial charge in [0.25, 0.3) is 0 Å². The van der Waals surface area contributed by atoms with E-state index < -0.39 is 0 Å². The third-order valence-corrected chi connectivity index (χ3v) is 2.23. The largest absolute Gasteiger partial charge is 0.369 e. The Morgan fingerprint density at radius 3 is 3.00 bits per heavy atom. The molecule has 11 heavy (non-hydrogen) atoms. The summed E-state index contributed by atoms with van der Waals surface area (Å²) < 4.78 is 0. The van der Waals surface area contributed by atoms with Gasteiger partial charge in [-0.05, 0) is 13.3 Å². The quantitative estimate of drug-likeness (QED) is 0.703. The second kappa shape index (κ2) is 4.34. The Hall–Kier alpha value is -0.570. The van der Waals surface area contributed by atoms with Crippen LogP contribution in [0.25, 0.3) is 0 Å². The number of hydrogen-bond acceptors (Lipinski definition) is 3. The van der Waals surface area contributed by atoms with Crippen LogP contribution in [-0.2, 0) is 0 Å². The fraction of sp³-hybridized carbons (Fsp3) is 0.625. The molecule has 0 spiro atoms. The summed E-state index contributed by atoms with van der Waals surface area (Å²) in [4.78, 5) is 4.29. The maximum atomic E-state index is 4.29. The van der Waals surface area contributed by atoms with Crippen molar-refractivity contribution in [2.75, 3.05) is 11.9 Å². The van der Waals surface area contributed by atoms with E-state index in [1.807, 2.05) is 6.92 Å². The number of nitrogens with one attached hydrogen (secondary N) is 1. The van der Waals surface area contributed by atoms with E-state index in [9.17, 15) is 0 Å². The van der Waals surface area contributed by atoms with Gasteiger partial charge in [0.05, 0.1) is 5.01 Å². The Morgan fingerprint density at radius 1 is 1.64 bits per heavy atom. The summed E-state index contributed by atoms with van der Waals surface area (Å²) >= 11 is 1.69. The van der Waals surface area contributed by atoms with Crippen molar-refractivity contribution in [1.29, 1.82) is 0 Å². The summed E-state index contributed by atoms with van der Waals surface area (Å²) in [7, 11) is 0. The molecule has 62 valence electrons. The van der Waals surface area contributed by atoms with Crippen LogP contribution >= 0.6 is 11.3 Å². The molecule has 0 aliphatic heterocycles. The summed E-state index contributed by atoms with van der Waals surface area (Å²) in [5, 5.41) is 6.45. The van der Waals surface area contributed by atoms with Crippen LogP contribution < -0.4 is 5.32 Å². The Kier molecular flexibility index (Phi) is 3.36. The van der Waals surface area contributed by atoms with E-state index in [2.05, 4.69) is 22.6 Å². The maximum Gasteiger partial charge on any atom is 0.137 e. The topological polar surface area (TPSA) is 24.9 Å². The molecule has 0 radical (unpaired) electrons. The van der Waals surface area contributed by atoms with Crippen LogP contribution in [0.2, 0.25) is 0 Å². The van der Waals surface area contributed by atoms with Gasteiger partial charge in [0.15, 0.2) is 0 Å². The molecule has 1 aromatic rings. The van der Waals surface area contributed by atoms with Crippen molar-refractivity contribution < 1.29 is 0 Å². The number of rotatable bonds is 4. The monoisotopic (exact) mass is 170 g/mol. The second-order valence-electron chi connectivity index (χ2n) is 2.53. The lowest BCUT2D eigenvalue weighted by atomic mass is 10.3. The zero-order chi connectivity index (χ0) is 8.10. The highest BCUT2D eigenvalue weighted by atomic mass is 32.1. The Morgan fingerprint density at radius 2 is 2.45 bits per heavy atom. The molecule has 1 aromatic heterocycles. The van der Waals surface area contributed by atoms with Gasteiger partial charge in [-0.2, -0.15) is 0 Å². The number of nitrogens with zero attached hydrogens (tertiary/aromatic N) is 1. The number of anilines is 1. The van der Waals surface area contributed by atoms with Crippen LogP contribution in [0.4, 0.5) is 5.82 Å². The minimum Gasteiger partial charge on any atom is -0.369 e. The predicted octanol–water partition coefficient (Wildman–Crippen LogP) is 2.66. The van der Waals surface area contributed by atoms with Gasteiger partial charge in [0, 0.05) is 11.9 Å². The summed E-state index contributed by atoms with van der Waals surface area (Å²) in [5.41, 5.74) is 0. The molecule has 0 bridgehead atoms. The highest BCUT2D eigenvalue weighted by molar-refractivity contribution is 7.09. The minimum atomic E-state index is 1.03. The molecular formula is C8H14N2S. The Bertz CT molecular complexity index is 208. The molecular weight excluding hydrogens is 156 g/mol. The summed E-state index contributed by atoms with van der Waals surface area (Å²) in [6.45, 7) is 5.25. The number of thiazole rings is 1. The Balaban J connectivity index is 2.27.